The molecule has 1 saturated heterocycles. The average Bonchev–Trinajstić information content (AvgIpc) is 2.96. The third kappa shape index (κ3) is 3.89. The van der Waals surface area contributed by atoms with Crippen LogP contribution in [0.3, 0.4) is 0 Å². The van der Waals surface area contributed by atoms with E-state index < -0.39 is 4.93 Å². The highest BCUT2D eigenvalue weighted by molar-refractivity contribution is 8.00. The van der Waals surface area contributed by atoms with Crippen molar-refractivity contribution in [2.45, 2.75) is 18.0 Å². The van der Waals surface area contributed by atoms with Crippen molar-refractivity contribution in [3.05, 3.63) is 70.7 Å². The predicted molar refractivity (Wildman–Crippen MR) is 92.9 cm³/mol. The Kier molecular flexibility index (Phi) is 4.95. The minimum atomic E-state index is -0.436. The average molecular weight is 349 g/mol. The minimum absolute atomic E-state index is 0.117. The molecule has 2 aromatic rings. The van der Waals surface area contributed by atoms with Crippen LogP contribution in [0.1, 0.15) is 22.8 Å². The maximum absolute atomic E-state index is 12.0. The van der Waals surface area contributed by atoms with E-state index >= 15 is 0 Å². The molecule has 1 aliphatic heterocycles. The number of halogens is 1. The van der Waals surface area contributed by atoms with E-state index in [9.17, 15) is 4.79 Å². The van der Waals surface area contributed by atoms with Crippen LogP contribution >= 0.6 is 23.4 Å². The first-order valence-electron chi connectivity index (χ1n) is 7.37. The molecule has 0 aromatic heterocycles. The van der Waals surface area contributed by atoms with E-state index in [1.807, 2.05) is 49.4 Å². The maximum Gasteiger partial charge on any atom is 0.338 e. The lowest BCUT2D eigenvalue weighted by Gasteiger charge is -2.24. The fraction of sp³-hybridized carbons (Fsp3) is 0.278. The SMILES string of the molecule is C[C@@]1(c2ccc(Cl)cc2)O[C@@H](COC(=O)c2ccccc2)CS1. The van der Waals surface area contributed by atoms with Gasteiger partial charge in [-0.05, 0) is 36.8 Å². The van der Waals surface area contributed by atoms with Crippen molar-refractivity contribution in [1.82, 2.24) is 0 Å². The molecule has 0 aliphatic carbocycles. The second kappa shape index (κ2) is 6.95. The van der Waals surface area contributed by atoms with Gasteiger partial charge in [0.25, 0.3) is 0 Å². The number of ether oxygens (including phenoxy) is 2. The van der Waals surface area contributed by atoms with Crippen molar-refractivity contribution < 1.29 is 14.3 Å². The standard InChI is InChI=1S/C18H17ClO3S/c1-18(14-7-9-15(19)10-8-14)22-16(12-23-18)11-21-17(20)13-5-3-2-4-6-13/h2-10,16H,11-12H2,1H3/t16-,18+/m0/s1. The molecule has 23 heavy (non-hydrogen) atoms. The third-order valence-electron chi connectivity index (χ3n) is 3.71. The van der Waals surface area contributed by atoms with Gasteiger partial charge >= 0.3 is 5.97 Å². The minimum Gasteiger partial charge on any atom is -0.459 e. The van der Waals surface area contributed by atoms with Crippen LogP contribution in [0, 0.1) is 0 Å². The van der Waals surface area contributed by atoms with Crippen LogP contribution in [-0.2, 0) is 14.4 Å². The smallest absolute Gasteiger partial charge is 0.338 e. The summed E-state index contributed by atoms with van der Waals surface area (Å²) in [5, 5.41) is 0.702. The Morgan fingerprint density at radius 3 is 2.65 bits per heavy atom. The maximum atomic E-state index is 12.0. The fourth-order valence-electron chi connectivity index (χ4n) is 2.45. The first kappa shape index (κ1) is 16.4. The van der Waals surface area contributed by atoms with E-state index in [0.29, 0.717) is 10.6 Å². The number of carbonyl (C=O) groups is 1. The molecular formula is C18H17ClO3S. The van der Waals surface area contributed by atoms with Crippen LogP contribution in [-0.4, -0.2) is 24.4 Å². The quantitative estimate of drug-likeness (QED) is 0.762. The normalized spacial score (nSPS) is 23.7. The van der Waals surface area contributed by atoms with E-state index in [2.05, 4.69) is 0 Å². The van der Waals surface area contributed by atoms with E-state index in [1.54, 1.807) is 23.9 Å². The summed E-state index contributed by atoms with van der Waals surface area (Å²) in [5.41, 5.74) is 1.61. The van der Waals surface area contributed by atoms with Gasteiger partial charge in [-0.3, -0.25) is 0 Å². The summed E-state index contributed by atoms with van der Waals surface area (Å²) < 4.78 is 11.5. The number of esters is 1. The van der Waals surface area contributed by atoms with Crippen LogP contribution in [0.15, 0.2) is 54.6 Å². The van der Waals surface area contributed by atoms with Crippen molar-refractivity contribution >= 4 is 29.3 Å². The molecular weight excluding hydrogens is 332 g/mol. The van der Waals surface area contributed by atoms with Crippen LogP contribution in [0.5, 0.6) is 0 Å². The van der Waals surface area contributed by atoms with E-state index in [4.69, 9.17) is 21.1 Å². The molecule has 1 fully saturated rings. The summed E-state index contributed by atoms with van der Waals surface area (Å²) in [4.78, 5) is 11.5. The topological polar surface area (TPSA) is 35.5 Å². The Bertz CT molecular complexity index is 674. The third-order valence-corrected chi connectivity index (χ3v) is 5.39. The van der Waals surface area contributed by atoms with Gasteiger partial charge in [0, 0.05) is 10.8 Å². The number of thioether (sulfide) groups is 1. The zero-order valence-electron chi connectivity index (χ0n) is 12.7. The monoisotopic (exact) mass is 348 g/mol. The van der Waals surface area contributed by atoms with Gasteiger partial charge in [0.15, 0.2) is 0 Å². The molecule has 0 spiro atoms. The summed E-state index contributed by atoms with van der Waals surface area (Å²) in [6.07, 6.45) is -0.117. The summed E-state index contributed by atoms with van der Waals surface area (Å²) in [5.74, 6) is 0.459. The Balaban J connectivity index is 1.57. The van der Waals surface area contributed by atoms with Gasteiger partial charge in [0.05, 0.1) is 5.56 Å². The molecule has 0 bridgehead atoms. The lowest BCUT2D eigenvalue weighted by Crippen LogP contribution is -2.25. The zero-order chi connectivity index (χ0) is 16.3. The van der Waals surface area contributed by atoms with Crippen molar-refractivity contribution in [2.24, 2.45) is 0 Å². The molecule has 2 atom stereocenters. The van der Waals surface area contributed by atoms with Gasteiger partial charge in [0.2, 0.25) is 0 Å². The Hall–Kier alpha value is -1.49. The van der Waals surface area contributed by atoms with Gasteiger partial charge in [0.1, 0.15) is 17.6 Å². The highest BCUT2D eigenvalue weighted by Gasteiger charge is 2.38. The van der Waals surface area contributed by atoms with Crippen LogP contribution in [0.2, 0.25) is 5.02 Å². The summed E-state index contributed by atoms with van der Waals surface area (Å²) in [6.45, 7) is 2.28. The molecule has 0 saturated carbocycles. The molecule has 0 amide bonds. The zero-order valence-corrected chi connectivity index (χ0v) is 14.3. The summed E-state index contributed by atoms with van der Waals surface area (Å²) in [6, 6.07) is 16.6. The molecule has 120 valence electrons. The van der Waals surface area contributed by atoms with Crippen molar-refractivity contribution in [1.29, 1.82) is 0 Å². The molecule has 0 N–H and O–H groups in total. The summed E-state index contributed by atoms with van der Waals surface area (Å²) in [7, 11) is 0. The van der Waals surface area contributed by atoms with Crippen LogP contribution in [0.25, 0.3) is 0 Å². The van der Waals surface area contributed by atoms with Gasteiger partial charge in [-0.25, -0.2) is 4.79 Å². The first-order chi connectivity index (χ1) is 11.1. The molecule has 3 nitrogen and oxygen atoms in total. The van der Waals surface area contributed by atoms with Gasteiger partial charge in [-0.2, -0.15) is 0 Å². The summed E-state index contributed by atoms with van der Waals surface area (Å²) >= 11 is 7.63. The molecule has 0 radical (unpaired) electrons. The second-order valence-electron chi connectivity index (χ2n) is 5.47. The highest BCUT2D eigenvalue weighted by atomic mass is 35.5. The Labute approximate surface area is 144 Å². The molecule has 1 aliphatic rings. The van der Waals surface area contributed by atoms with Gasteiger partial charge < -0.3 is 9.47 Å². The largest absolute Gasteiger partial charge is 0.459 e. The predicted octanol–water partition coefficient (Wildman–Crippen LogP) is 4.50. The van der Waals surface area contributed by atoms with Gasteiger partial charge in [-0.15, -0.1) is 11.8 Å². The van der Waals surface area contributed by atoms with Crippen LogP contribution in [0.4, 0.5) is 0 Å². The van der Waals surface area contributed by atoms with Gasteiger partial charge in [-0.1, -0.05) is 41.9 Å². The highest BCUT2D eigenvalue weighted by Crippen LogP contribution is 2.44. The molecule has 5 heteroatoms. The molecule has 2 aromatic carbocycles. The first-order valence-corrected chi connectivity index (χ1v) is 8.73. The Morgan fingerprint density at radius 1 is 1.26 bits per heavy atom. The number of hydrogen-bond donors (Lipinski definition) is 0. The second-order valence-corrected chi connectivity index (χ2v) is 7.31. The van der Waals surface area contributed by atoms with E-state index in [-0.39, 0.29) is 18.7 Å². The number of carbonyl (C=O) groups excluding carboxylic acids is 1. The van der Waals surface area contributed by atoms with Crippen molar-refractivity contribution in [3.8, 4) is 0 Å². The lowest BCUT2D eigenvalue weighted by molar-refractivity contribution is -0.0349. The Morgan fingerprint density at radius 2 is 1.96 bits per heavy atom. The van der Waals surface area contributed by atoms with E-state index in [0.717, 1.165) is 11.3 Å². The molecule has 1 heterocycles. The molecule has 0 unspecified atom stereocenters. The number of benzene rings is 2. The van der Waals surface area contributed by atoms with Crippen molar-refractivity contribution in [2.75, 3.05) is 12.4 Å². The molecule has 3 rings (SSSR count). The van der Waals surface area contributed by atoms with E-state index in [1.165, 1.54) is 0 Å². The van der Waals surface area contributed by atoms with Crippen LogP contribution < -0.4 is 0 Å². The lowest BCUT2D eigenvalue weighted by atomic mass is 10.1. The fourth-order valence-corrected chi connectivity index (χ4v) is 3.75. The number of hydrogen-bond acceptors (Lipinski definition) is 4. The number of rotatable bonds is 4. The van der Waals surface area contributed by atoms with Crippen molar-refractivity contribution in [3.63, 3.8) is 0 Å².